The first-order valence-corrected chi connectivity index (χ1v) is 4.39. The summed E-state index contributed by atoms with van der Waals surface area (Å²) in [6.45, 7) is 1.44. The zero-order valence-electron chi connectivity index (χ0n) is 7.29. The summed E-state index contributed by atoms with van der Waals surface area (Å²) in [6.07, 6.45) is 2.97. The predicted octanol–water partition coefficient (Wildman–Crippen LogP) is 2.63. The molecule has 0 fully saturated rings. The smallest absolute Gasteiger partial charge is 0.123 e. The maximum Gasteiger partial charge on any atom is 0.123 e. The SMILES string of the molecule is Fc1ccc(C2=CCOCC2)cc1. The fraction of sp³-hybridized carbons (Fsp3) is 0.273. The van der Waals surface area contributed by atoms with Gasteiger partial charge in [0, 0.05) is 0 Å². The Morgan fingerprint density at radius 3 is 2.54 bits per heavy atom. The van der Waals surface area contributed by atoms with Crippen molar-refractivity contribution in [2.45, 2.75) is 6.42 Å². The minimum atomic E-state index is -0.184. The summed E-state index contributed by atoms with van der Waals surface area (Å²) in [5.74, 6) is -0.184. The largest absolute Gasteiger partial charge is 0.377 e. The Balaban J connectivity index is 2.24. The van der Waals surface area contributed by atoms with Crippen LogP contribution in [-0.4, -0.2) is 13.2 Å². The van der Waals surface area contributed by atoms with E-state index < -0.39 is 0 Å². The Kier molecular flexibility index (Phi) is 2.41. The van der Waals surface area contributed by atoms with Crippen LogP contribution in [0.1, 0.15) is 12.0 Å². The standard InChI is InChI=1S/C11H11FO/c12-11-3-1-9(2-4-11)10-5-7-13-8-6-10/h1-5H,6-8H2. The second kappa shape index (κ2) is 3.71. The van der Waals surface area contributed by atoms with E-state index in [1.54, 1.807) is 0 Å². The van der Waals surface area contributed by atoms with Crippen molar-refractivity contribution in [1.29, 1.82) is 0 Å². The fourth-order valence-corrected chi connectivity index (χ4v) is 1.45. The highest BCUT2D eigenvalue weighted by atomic mass is 19.1. The van der Waals surface area contributed by atoms with Gasteiger partial charge in [-0.1, -0.05) is 18.2 Å². The van der Waals surface area contributed by atoms with Gasteiger partial charge in [-0.15, -0.1) is 0 Å². The van der Waals surface area contributed by atoms with Crippen LogP contribution < -0.4 is 0 Å². The molecule has 0 unspecified atom stereocenters. The van der Waals surface area contributed by atoms with E-state index in [9.17, 15) is 4.39 Å². The molecule has 1 heterocycles. The molecule has 0 saturated carbocycles. The van der Waals surface area contributed by atoms with Gasteiger partial charge in [0.05, 0.1) is 13.2 Å². The van der Waals surface area contributed by atoms with Crippen LogP contribution in [-0.2, 0) is 4.74 Å². The molecule has 1 aliphatic heterocycles. The highest BCUT2D eigenvalue weighted by Crippen LogP contribution is 2.20. The summed E-state index contributed by atoms with van der Waals surface area (Å²) < 4.78 is 17.8. The highest BCUT2D eigenvalue weighted by molar-refractivity contribution is 5.66. The molecular formula is C11H11FO. The first kappa shape index (κ1) is 8.45. The highest BCUT2D eigenvalue weighted by Gasteiger charge is 2.05. The van der Waals surface area contributed by atoms with Crippen LogP contribution in [0.3, 0.4) is 0 Å². The van der Waals surface area contributed by atoms with Crippen molar-refractivity contribution in [2.75, 3.05) is 13.2 Å². The molecule has 1 aromatic rings. The molecule has 0 aromatic heterocycles. The van der Waals surface area contributed by atoms with Gasteiger partial charge in [-0.25, -0.2) is 4.39 Å². The predicted molar refractivity (Wildman–Crippen MR) is 49.8 cm³/mol. The van der Waals surface area contributed by atoms with Gasteiger partial charge in [0.2, 0.25) is 0 Å². The van der Waals surface area contributed by atoms with E-state index in [-0.39, 0.29) is 5.82 Å². The topological polar surface area (TPSA) is 9.23 Å². The minimum Gasteiger partial charge on any atom is -0.377 e. The molecule has 1 aliphatic rings. The number of rotatable bonds is 1. The van der Waals surface area contributed by atoms with E-state index in [0.29, 0.717) is 6.61 Å². The lowest BCUT2D eigenvalue weighted by atomic mass is 10.0. The summed E-state index contributed by atoms with van der Waals surface area (Å²) in [5, 5.41) is 0. The third-order valence-electron chi connectivity index (χ3n) is 2.18. The molecule has 1 nitrogen and oxygen atoms in total. The average molecular weight is 178 g/mol. The van der Waals surface area contributed by atoms with Gasteiger partial charge in [0.1, 0.15) is 5.82 Å². The minimum absolute atomic E-state index is 0.184. The Morgan fingerprint density at radius 2 is 1.92 bits per heavy atom. The van der Waals surface area contributed by atoms with Gasteiger partial charge in [-0.3, -0.25) is 0 Å². The van der Waals surface area contributed by atoms with Crippen molar-refractivity contribution in [1.82, 2.24) is 0 Å². The lowest BCUT2D eigenvalue weighted by molar-refractivity contribution is 0.161. The van der Waals surface area contributed by atoms with E-state index in [1.807, 2.05) is 12.1 Å². The summed E-state index contributed by atoms with van der Waals surface area (Å²) in [4.78, 5) is 0. The number of hydrogen-bond donors (Lipinski definition) is 0. The summed E-state index contributed by atoms with van der Waals surface area (Å²) in [7, 11) is 0. The maximum absolute atomic E-state index is 12.6. The summed E-state index contributed by atoms with van der Waals surface area (Å²) >= 11 is 0. The van der Waals surface area contributed by atoms with Crippen LogP contribution in [0, 0.1) is 5.82 Å². The Labute approximate surface area is 76.8 Å². The summed E-state index contributed by atoms with van der Waals surface area (Å²) in [5.41, 5.74) is 2.36. The Morgan fingerprint density at radius 1 is 1.15 bits per heavy atom. The zero-order valence-corrected chi connectivity index (χ0v) is 7.29. The van der Waals surface area contributed by atoms with Gasteiger partial charge in [-0.2, -0.15) is 0 Å². The van der Waals surface area contributed by atoms with Crippen molar-refractivity contribution < 1.29 is 9.13 Å². The number of benzene rings is 1. The van der Waals surface area contributed by atoms with Crippen molar-refractivity contribution in [3.63, 3.8) is 0 Å². The van der Waals surface area contributed by atoms with E-state index in [1.165, 1.54) is 17.7 Å². The van der Waals surface area contributed by atoms with Crippen molar-refractivity contribution in [2.24, 2.45) is 0 Å². The van der Waals surface area contributed by atoms with Gasteiger partial charge in [0.25, 0.3) is 0 Å². The van der Waals surface area contributed by atoms with Crippen molar-refractivity contribution in [3.8, 4) is 0 Å². The number of halogens is 1. The van der Waals surface area contributed by atoms with Gasteiger partial charge >= 0.3 is 0 Å². The first-order valence-electron chi connectivity index (χ1n) is 4.39. The number of ether oxygens (including phenoxy) is 1. The lowest BCUT2D eigenvalue weighted by Crippen LogP contribution is -2.03. The molecule has 13 heavy (non-hydrogen) atoms. The average Bonchev–Trinajstić information content (AvgIpc) is 2.20. The van der Waals surface area contributed by atoms with E-state index >= 15 is 0 Å². The van der Waals surface area contributed by atoms with Crippen LogP contribution in [0.25, 0.3) is 5.57 Å². The number of hydrogen-bond acceptors (Lipinski definition) is 1. The molecule has 2 heteroatoms. The molecule has 0 radical (unpaired) electrons. The molecular weight excluding hydrogens is 167 g/mol. The molecule has 0 atom stereocenters. The molecule has 0 spiro atoms. The molecule has 1 aromatic carbocycles. The maximum atomic E-state index is 12.6. The van der Waals surface area contributed by atoms with Crippen LogP contribution in [0.5, 0.6) is 0 Å². The molecule has 2 rings (SSSR count). The lowest BCUT2D eigenvalue weighted by Gasteiger charge is -2.13. The molecule has 0 aliphatic carbocycles. The second-order valence-corrected chi connectivity index (χ2v) is 3.06. The first-order chi connectivity index (χ1) is 6.36. The van der Waals surface area contributed by atoms with Gasteiger partial charge in [-0.05, 0) is 29.7 Å². The molecule has 0 N–H and O–H groups in total. The second-order valence-electron chi connectivity index (χ2n) is 3.06. The van der Waals surface area contributed by atoms with E-state index in [2.05, 4.69) is 6.08 Å². The van der Waals surface area contributed by atoms with Crippen molar-refractivity contribution in [3.05, 3.63) is 41.7 Å². The van der Waals surface area contributed by atoms with E-state index in [0.717, 1.165) is 18.6 Å². The Bertz CT molecular complexity index is 313. The van der Waals surface area contributed by atoms with Crippen LogP contribution >= 0.6 is 0 Å². The Hall–Kier alpha value is -1.15. The monoisotopic (exact) mass is 178 g/mol. The zero-order chi connectivity index (χ0) is 9.10. The molecule has 68 valence electrons. The van der Waals surface area contributed by atoms with Crippen LogP contribution in [0.4, 0.5) is 4.39 Å². The molecule has 0 amide bonds. The van der Waals surface area contributed by atoms with Gasteiger partial charge in [0.15, 0.2) is 0 Å². The van der Waals surface area contributed by atoms with E-state index in [4.69, 9.17) is 4.74 Å². The summed E-state index contributed by atoms with van der Waals surface area (Å²) in [6, 6.07) is 6.61. The normalized spacial score (nSPS) is 16.8. The van der Waals surface area contributed by atoms with Gasteiger partial charge < -0.3 is 4.74 Å². The fourth-order valence-electron chi connectivity index (χ4n) is 1.45. The third kappa shape index (κ3) is 1.95. The van der Waals surface area contributed by atoms with Crippen LogP contribution in [0.15, 0.2) is 30.3 Å². The molecule has 0 saturated heterocycles. The third-order valence-corrected chi connectivity index (χ3v) is 2.18. The van der Waals surface area contributed by atoms with Crippen molar-refractivity contribution >= 4 is 5.57 Å². The van der Waals surface area contributed by atoms with Crippen LogP contribution in [0.2, 0.25) is 0 Å². The quantitative estimate of drug-likeness (QED) is 0.642. The molecule has 0 bridgehead atoms.